The highest BCUT2D eigenvalue weighted by atomic mass is 16.6. The van der Waals surface area contributed by atoms with Gasteiger partial charge in [-0.3, -0.25) is 4.99 Å². The molecule has 1 amide bonds. The molecule has 0 atom stereocenters. The number of aryl methyl sites for hydroxylation is 2. The van der Waals surface area contributed by atoms with Gasteiger partial charge in [0, 0.05) is 39.1 Å². The van der Waals surface area contributed by atoms with Gasteiger partial charge in [0.15, 0.2) is 5.96 Å². The van der Waals surface area contributed by atoms with Crippen LogP contribution in [0, 0.1) is 0 Å². The zero-order valence-corrected chi connectivity index (χ0v) is 19.0. The van der Waals surface area contributed by atoms with Crippen molar-refractivity contribution in [3.05, 3.63) is 54.1 Å². The molecule has 0 radical (unpaired) electrons. The highest BCUT2D eigenvalue weighted by Gasteiger charge is 2.34. The van der Waals surface area contributed by atoms with Crippen molar-refractivity contribution < 1.29 is 9.53 Å². The minimum absolute atomic E-state index is 0.157. The summed E-state index contributed by atoms with van der Waals surface area (Å²) < 4.78 is 7.57. The molecule has 2 heterocycles. The normalized spacial score (nSPS) is 14.8. The van der Waals surface area contributed by atoms with Gasteiger partial charge < -0.3 is 24.8 Å². The zero-order chi connectivity index (χ0) is 22.3. The van der Waals surface area contributed by atoms with Crippen LogP contribution >= 0.6 is 0 Å². The van der Waals surface area contributed by atoms with E-state index >= 15 is 0 Å². The Bertz CT molecular complexity index is 866. The lowest BCUT2D eigenvalue weighted by atomic mass is 10.1. The van der Waals surface area contributed by atoms with Crippen LogP contribution in [0.5, 0.6) is 0 Å². The van der Waals surface area contributed by atoms with Gasteiger partial charge in [0.05, 0.1) is 12.6 Å². The van der Waals surface area contributed by atoms with Gasteiger partial charge in [-0.2, -0.15) is 0 Å². The Balaban J connectivity index is 1.40. The second kappa shape index (κ2) is 10.3. The number of rotatable bonds is 7. The third kappa shape index (κ3) is 7.01. The van der Waals surface area contributed by atoms with Gasteiger partial charge in [-0.15, -0.1) is 0 Å². The van der Waals surface area contributed by atoms with Crippen molar-refractivity contribution >= 4 is 12.1 Å². The largest absolute Gasteiger partial charge is 0.444 e. The van der Waals surface area contributed by atoms with E-state index in [2.05, 4.69) is 49.4 Å². The number of ether oxygens (including phenoxy) is 1. The standard InChI is InChI=1S/C23H34N6O2/c1-23(2,3)31-22(30)29-16-19(17-29)27-21(24-4)26-15-20-25-12-14-28(20)13-8-11-18-9-6-5-7-10-18/h5-7,9-10,12,14,19H,8,11,13,15-17H2,1-4H3,(H2,24,26,27). The number of guanidine groups is 1. The second-order valence-electron chi connectivity index (χ2n) is 8.78. The molecule has 0 unspecified atom stereocenters. The maximum absolute atomic E-state index is 12.1. The fraction of sp³-hybridized carbons (Fsp3) is 0.522. The molecule has 3 rings (SSSR count). The molecule has 1 aliphatic heterocycles. The van der Waals surface area contributed by atoms with Gasteiger partial charge in [-0.1, -0.05) is 30.3 Å². The Morgan fingerprint density at radius 3 is 2.68 bits per heavy atom. The molecule has 31 heavy (non-hydrogen) atoms. The fourth-order valence-corrected chi connectivity index (χ4v) is 3.41. The SMILES string of the molecule is CN=C(NCc1nccn1CCCc1ccccc1)NC1CN(C(=O)OC(C)(C)C)C1. The van der Waals surface area contributed by atoms with E-state index in [0.29, 0.717) is 25.6 Å². The van der Waals surface area contributed by atoms with Crippen molar-refractivity contribution in [3.63, 3.8) is 0 Å². The average Bonchev–Trinajstić information content (AvgIpc) is 3.13. The molecule has 8 heteroatoms. The topological polar surface area (TPSA) is 83.8 Å². The van der Waals surface area contributed by atoms with Crippen molar-refractivity contribution in [1.82, 2.24) is 25.1 Å². The third-order valence-electron chi connectivity index (χ3n) is 5.02. The minimum Gasteiger partial charge on any atom is -0.444 e. The number of nitrogens with zero attached hydrogens (tertiary/aromatic N) is 4. The minimum atomic E-state index is -0.476. The molecule has 1 saturated heterocycles. The van der Waals surface area contributed by atoms with Gasteiger partial charge >= 0.3 is 6.09 Å². The zero-order valence-electron chi connectivity index (χ0n) is 19.0. The first kappa shape index (κ1) is 22.7. The van der Waals surface area contributed by atoms with Gasteiger partial charge in [0.1, 0.15) is 11.4 Å². The molecule has 0 bridgehead atoms. The first-order valence-corrected chi connectivity index (χ1v) is 10.8. The smallest absolute Gasteiger partial charge is 0.410 e. The van der Waals surface area contributed by atoms with Crippen molar-refractivity contribution in [2.75, 3.05) is 20.1 Å². The Morgan fingerprint density at radius 2 is 2.00 bits per heavy atom. The lowest BCUT2D eigenvalue weighted by molar-refractivity contribution is 0.00701. The van der Waals surface area contributed by atoms with E-state index in [9.17, 15) is 4.79 Å². The summed E-state index contributed by atoms with van der Waals surface area (Å²) in [6, 6.07) is 10.7. The Kier molecular flexibility index (Phi) is 7.55. The predicted octanol–water partition coefficient (Wildman–Crippen LogP) is 2.80. The van der Waals surface area contributed by atoms with E-state index in [1.54, 1.807) is 11.9 Å². The van der Waals surface area contributed by atoms with Crippen molar-refractivity contribution in [2.45, 2.75) is 58.3 Å². The monoisotopic (exact) mass is 426 g/mol. The number of nitrogens with one attached hydrogen (secondary N) is 2. The molecule has 0 saturated carbocycles. The van der Waals surface area contributed by atoms with E-state index in [4.69, 9.17) is 4.74 Å². The van der Waals surface area contributed by atoms with Crippen LogP contribution < -0.4 is 10.6 Å². The number of carbonyl (C=O) groups excluding carboxylic acids is 1. The summed E-state index contributed by atoms with van der Waals surface area (Å²) in [5.74, 6) is 1.67. The summed E-state index contributed by atoms with van der Waals surface area (Å²) in [6.45, 7) is 8.33. The highest BCUT2D eigenvalue weighted by Crippen LogP contribution is 2.15. The van der Waals surface area contributed by atoms with Gasteiger partial charge in [-0.05, 0) is 39.2 Å². The first-order chi connectivity index (χ1) is 14.8. The molecule has 0 spiro atoms. The molecular formula is C23H34N6O2. The lowest BCUT2D eigenvalue weighted by Gasteiger charge is -2.40. The van der Waals surface area contributed by atoms with Gasteiger partial charge in [0.25, 0.3) is 0 Å². The van der Waals surface area contributed by atoms with Crippen molar-refractivity contribution in [3.8, 4) is 0 Å². The summed E-state index contributed by atoms with van der Waals surface area (Å²) in [5, 5.41) is 6.67. The lowest BCUT2D eigenvalue weighted by Crippen LogP contribution is -2.63. The van der Waals surface area contributed by atoms with Crippen LogP contribution in [0.4, 0.5) is 4.79 Å². The van der Waals surface area contributed by atoms with E-state index in [1.165, 1.54) is 5.56 Å². The van der Waals surface area contributed by atoms with Crippen LogP contribution in [-0.2, 0) is 24.2 Å². The Hall–Kier alpha value is -3.03. The fourth-order valence-electron chi connectivity index (χ4n) is 3.41. The highest BCUT2D eigenvalue weighted by molar-refractivity contribution is 5.80. The Morgan fingerprint density at radius 1 is 1.26 bits per heavy atom. The number of imidazole rings is 1. The Labute approximate surface area is 184 Å². The van der Waals surface area contributed by atoms with E-state index in [1.807, 2.05) is 39.2 Å². The van der Waals surface area contributed by atoms with Crippen LogP contribution in [0.25, 0.3) is 0 Å². The van der Waals surface area contributed by atoms with E-state index in [0.717, 1.165) is 25.2 Å². The molecular weight excluding hydrogens is 392 g/mol. The summed E-state index contributed by atoms with van der Waals surface area (Å²) in [6.07, 6.45) is 5.68. The molecule has 1 fully saturated rings. The second-order valence-corrected chi connectivity index (χ2v) is 8.78. The number of likely N-dealkylation sites (tertiary alicyclic amines) is 1. The van der Waals surface area contributed by atoms with Crippen molar-refractivity contribution in [1.29, 1.82) is 0 Å². The molecule has 2 N–H and O–H groups in total. The summed E-state index contributed by atoms with van der Waals surface area (Å²) >= 11 is 0. The summed E-state index contributed by atoms with van der Waals surface area (Å²) in [4.78, 5) is 22.5. The molecule has 0 aliphatic carbocycles. The number of benzene rings is 1. The summed E-state index contributed by atoms with van der Waals surface area (Å²) in [7, 11) is 1.74. The van der Waals surface area contributed by atoms with Gasteiger partial charge in [-0.25, -0.2) is 9.78 Å². The molecule has 2 aromatic rings. The van der Waals surface area contributed by atoms with Crippen molar-refractivity contribution in [2.24, 2.45) is 4.99 Å². The number of hydrogen-bond donors (Lipinski definition) is 2. The number of hydrogen-bond acceptors (Lipinski definition) is 4. The van der Waals surface area contributed by atoms with Crippen LogP contribution in [0.1, 0.15) is 38.6 Å². The molecule has 1 aliphatic rings. The number of carbonyl (C=O) groups is 1. The predicted molar refractivity (Wildman–Crippen MR) is 122 cm³/mol. The number of aromatic nitrogens is 2. The summed E-state index contributed by atoms with van der Waals surface area (Å²) in [5.41, 5.74) is 0.878. The quantitative estimate of drug-likeness (QED) is 0.525. The van der Waals surface area contributed by atoms with Gasteiger partial charge in [0.2, 0.25) is 0 Å². The number of aliphatic imine (C=N–C) groups is 1. The first-order valence-electron chi connectivity index (χ1n) is 10.8. The molecule has 1 aromatic carbocycles. The van der Waals surface area contributed by atoms with Crippen LogP contribution in [0.15, 0.2) is 47.7 Å². The molecule has 1 aromatic heterocycles. The van der Waals surface area contributed by atoms with E-state index < -0.39 is 5.60 Å². The maximum Gasteiger partial charge on any atom is 0.410 e. The third-order valence-corrected chi connectivity index (χ3v) is 5.02. The van der Waals surface area contributed by atoms with Crippen LogP contribution in [-0.4, -0.2) is 58.3 Å². The molecule has 8 nitrogen and oxygen atoms in total. The van der Waals surface area contributed by atoms with Crippen LogP contribution in [0.2, 0.25) is 0 Å². The number of amides is 1. The maximum atomic E-state index is 12.1. The van der Waals surface area contributed by atoms with E-state index in [-0.39, 0.29) is 12.1 Å². The molecule has 168 valence electrons. The van der Waals surface area contributed by atoms with Crippen LogP contribution in [0.3, 0.4) is 0 Å². The average molecular weight is 427 g/mol.